The normalized spacial score (nSPS) is 26.6. The first-order valence-corrected chi connectivity index (χ1v) is 7.92. The van der Waals surface area contributed by atoms with Crippen LogP contribution in [0.1, 0.15) is 51.9 Å². The molecule has 0 bridgehead atoms. The lowest BCUT2D eigenvalue weighted by Gasteiger charge is -2.41. The second-order valence-corrected chi connectivity index (χ2v) is 6.20. The summed E-state index contributed by atoms with van der Waals surface area (Å²) in [5.41, 5.74) is 0. The molecule has 0 atom stereocenters. The van der Waals surface area contributed by atoms with Gasteiger partial charge in [0.1, 0.15) is 0 Å². The zero-order valence-electron chi connectivity index (χ0n) is 11.8. The molecule has 3 fully saturated rings. The second kappa shape index (κ2) is 6.75. The fourth-order valence-electron chi connectivity index (χ4n) is 3.45. The SMILES string of the molecule is C1CC[N+]2(C1)CCC2.CCCCN1CCCC1. The van der Waals surface area contributed by atoms with Crippen molar-refractivity contribution >= 4 is 0 Å². The third kappa shape index (κ3) is 3.96. The zero-order valence-corrected chi connectivity index (χ0v) is 11.8. The maximum Gasteiger partial charge on any atom is 0.0841 e. The molecule has 0 N–H and O–H groups in total. The Morgan fingerprint density at radius 1 is 0.824 bits per heavy atom. The second-order valence-electron chi connectivity index (χ2n) is 6.20. The number of hydrogen-bond acceptors (Lipinski definition) is 1. The molecule has 3 aliphatic rings. The van der Waals surface area contributed by atoms with E-state index in [-0.39, 0.29) is 0 Å². The van der Waals surface area contributed by atoms with Crippen LogP contribution in [0.3, 0.4) is 0 Å². The van der Waals surface area contributed by atoms with E-state index in [0.717, 1.165) is 0 Å². The predicted octanol–water partition coefficient (Wildman–Crippen LogP) is 2.88. The standard InChI is InChI=1S/C8H17N.C7H14N/c1-2-3-6-9-7-4-5-8-9;1-2-5-8(4-1)6-3-7-8/h2-8H2,1H3;1-7H2/q;+1. The van der Waals surface area contributed by atoms with Gasteiger partial charge in [0.05, 0.1) is 26.2 Å². The Bertz CT molecular complexity index is 197. The van der Waals surface area contributed by atoms with Crippen LogP contribution in [0, 0.1) is 0 Å². The summed E-state index contributed by atoms with van der Waals surface area (Å²) in [6, 6.07) is 0. The molecule has 3 aliphatic heterocycles. The van der Waals surface area contributed by atoms with Crippen LogP contribution in [0.4, 0.5) is 0 Å². The third-order valence-corrected chi connectivity index (χ3v) is 4.81. The van der Waals surface area contributed by atoms with Crippen molar-refractivity contribution in [2.45, 2.75) is 51.9 Å². The van der Waals surface area contributed by atoms with Crippen LogP contribution >= 0.6 is 0 Å². The van der Waals surface area contributed by atoms with Crippen LogP contribution in [0.15, 0.2) is 0 Å². The number of rotatable bonds is 3. The summed E-state index contributed by atoms with van der Waals surface area (Å²) < 4.78 is 1.50. The highest BCUT2D eigenvalue weighted by Crippen LogP contribution is 2.26. The van der Waals surface area contributed by atoms with E-state index in [1.165, 1.54) is 95.2 Å². The van der Waals surface area contributed by atoms with Gasteiger partial charge in [0, 0.05) is 19.3 Å². The summed E-state index contributed by atoms with van der Waals surface area (Å²) in [4.78, 5) is 2.57. The molecule has 0 aromatic carbocycles. The molecule has 1 spiro atoms. The van der Waals surface area contributed by atoms with E-state index in [1.54, 1.807) is 0 Å². The highest BCUT2D eigenvalue weighted by atomic mass is 15.4. The Morgan fingerprint density at radius 2 is 1.41 bits per heavy atom. The third-order valence-electron chi connectivity index (χ3n) is 4.81. The number of nitrogens with zero attached hydrogens (tertiary/aromatic N) is 2. The molecule has 0 aromatic rings. The molecular weight excluding hydrogens is 208 g/mol. The highest BCUT2D eigenvalue weighted by molar-refractivity contribution is 4.64. The molecule has 2 heteroatoms. The maximum absolute atomic E-state index is 2.57. The van der Waals surface area contributed by atoms with Crippen LogP contribution in [0.5, 0.6) is 0 Å². The molecule has 0 aromatic heterocycles. The molecule has 0 radical (unpaired) electrons. The van der Waals surface area contributed by atoms with E-state index < -0.39 is 0 Å². The minimum atomic E-state index is 1.34. The Labute approximate surface area is 108 Å². The minimum Gasteiger partial charge on any atom is -0.323 e. The van der Waals surface area contributed by atoms with Gasteiger partial charge < -0.3 is 9.38 Å². The van der Waals surface area contributed by atoms with Crippen molar-refractivity contribution in [1.29, 1.82) is 0 Å². The Morgan fingerprint density at radius 3 is 1.82 bits per heavy atom. The average Bonchev–Trinajstić information content (AvgIpc) is 2.97. The minimum absolute atomic E-state index is 1.34. The lowest BCUT2D eigenvalue weighted by Crippen LogP contribution is -2.55. The topological polar surface area (TPSA) is 3.24 Å². The molecule has 3 rings (SSSR count). The average molecular weight is 239 g/mol. The largest absolute Gasteiger partial charge is 0.323 e. The molecular formula is C15H31N2+. The van der Waals surface area contributed by atoms with Crippen molar-refractivity contribution in [3.63, 3.8) is 0 Å². The van der Waals surface area contributed by atoms with E-state index in [0.29, 0.717) is 0 Å². The van der Waals surface area contributed by atoms with Gasteiger partial charge in [0.2, 0.25) is 0 Å². The monoisotopic (exact) mass is 239 g/mol. The summed E-state index contributed by atoms with van der Waals surface area (Å²) in [5, 5.41) is 0. The fraction of sp³-hybridized carbons (Fsp3) is 1.00. The van der Waals surface area contributed by atoms with Crippen LogP contribution in [0.25, 0.3) is 0 Å². The summed E-state index contributed by atoms with van der Waals surface area (Å²) in [6.45, 7) is 12.3. The molecule has 17 heavy (non-hydrogen) atoms. The molecule has 0 aliphatic carbocycles. The highest BCUT2D eigenvalue weighted by Gasteiger charge is 2.37. The van der Waals surface area contributed by atoms with Crippen molar-refractivity contribution in [2.75, 3.05) is 45.8 Å². The first-order valence-electron chi connectivity index (χ1n) is 7.92. The van der Waals surface area contributed by atoms with Crippen LogP contribution in [-0.2, 0) is 0 Å². The van der Waals surface area contributed by atoms with Gasteiger partial charge >= 0.3 is 0 Å². The first-order chi connectivity index (χ1) is 8.35. The Hall–Kier alpha value is -0.0800. The van der Waals surface area contributed by atoms with Crippen molar-refractivity contribution in [1.82, 2.24) is 4.90 Å². The van der Waals surface area contributed by atoms with Gasteiger partial charge in [0.15, 0.2) is 0 Å². The van der Waals surface area contributed by atoms with Gasteiger partial charge in [-0.05, 0) is 38.9 Å². The fourth-order valence-corrected chi connectivity index (χ4v) is 3.45. The van der Waals surface area contributed by atoms with Gasteiger partial charge in [-0.2, -0.15) is 0 Å². The van der Waals surface area contributed by atoms with Gasteiger partial charge in [-0.25, -0.2) is 0 Å². The first kappa shape index (κ1) is 13.4. The van der Waals surface area contributed by atoms with E-state index in [1.807, 2.05) is 0 Å². The smallest absolute Gasteiger partial charge is 0.0841 e. The van der Waals surface area contributed by atoms with Crippen LogP contribution < -0.4 is 0 Å². The van der Waals surface area contributed by atoms with E-state index in [9.17, 15) is 0 Å². The van der Waals surface area contributed by atoms with Gasteiger partial charge in [-0.15, -0.1) is 0 Å². The van der Waals surface area contributed by atoms with Crippen molar-refractivity contribution in [2.24, 2.45) is 0 Å². The number of likely N-dealkylation sites (tertiary alicyclic amines) is 1. The summed E-state index contributed by atoms with van der Waals surface area (Å²) in [5.74, 6) is 0. The predicted molar refractivity (Wildman–Crippen MR) is 74.2 cm³/mol. The number of quaternary nitrogens is 1. The molecule has 2 nitrogen and oxygen atoms in total. The summed E-state index contributed by atoms with van der Waals surface area (Å²) in [6.07, 6.45) is 10.1. The van der Waals surface area contributed by atoms with Crippen LogP contribution in [-0.4, -0.2) is 55.2 Å². The Kier molecular flexibility index (Phi) is 5.30. The summed E-state index contributed by atoms with van der Waals surface area (Å²) >= 11 is 0. The summed E-state index contributed by atoms with van der Waals surface area (Å²) in [7, 11) is 0. The number of unbranched alkanes of at least 4 members (excludes halogenated alkanes) is 1. The van der Waals surface area contributed by atoms with Crippen molar-refractivity contribution < 1.29 is 4.48 Å². The molecule has 0 saturated carbocycles. The van der Waals surface area contributed by atoms with Gasteiger partial charge in [-0.1, -0.05) is 13.3 Å². The molecule has 3 saturated heterocycles. The maximum atomic E-state index is 2.57. The van der Waals surface area contributed by atoms with Crippen molar-refractivity contribution in [3.8, 4) is 0 Å². The lowest BCUT2D eigenvalue weighted by molar-refractivity contribution is -0.952. The van der Waals surface area contributed by atoms with Crippen LogP contribution in [0.2, 0.25) is 0 Å². The van der Waals surface area contributed by atoms with Crippen molar-refractivity contribution in [3.05, 3.63) is 0 Å². The quantitative estimate of drug-likeness (QED) is 0.685. The van der Waals surface area contributed by atoms with E-state index >= 15 is 0 Å². The molecule has 0 unspecified atom stereocenters. The molecule has 100 valence electrons. The van der Waals surface area contributed by atoms with E-state index in [2.05, 4.69) is 11.8 Å². The molecule has 0 amide bonds. The number of hydrogen-bond donors (Lipinski definition) is 0. The van der Waals surface area contributed by atoms with E-state index in [4.69, 9.17) is 0 Å². The van der Waals surface area contributed by atoms with Gasteiger partial charge in [-0.3, -0.25) is 0 Å². The lowest BCUT2D eigenvalue weighted by atomic mass is 10.1. The van der Waals surface area contributed by atoms with Gasteiger partial charge in [0.25, 0.3) is 0 Å². The Balaban J connectivity index is 0.000000127. The molecule has 3 heterocycles. The zero-order chi connectivity index (χ0) is 12.0.